The molecule has 5 unspecified atom stereocenters. The van der Waals surface area contributed by atoms with Crippen LogP contribution in [0.4, 0.5) is 5.69 Å². The molecule has 43 heavy (non-hydrogen) atoms. The molecular formula is C34H43N3O5S. The monoisotopic (exact) mass is 605 g/mol. The highest BCUT2D eigenvalue weighted by atomic mass is 32.2. The van der Waals surface area contributed by atoms with E-state index in [2.05, 4.69) is 21.4 Å². The second-order valence-electron chi connectivity index (χ2n) is 12.2. The number of hydrogen-bond donors (Lipinski definition) is 2. The number of benzene rings is 3. The van der Waals surface area contributed by atoms with Gasteiger partial charge in [-0.25, -0.2) is 8.42 Å². The van der Waals surface area contributed by atoms with Crippen molar-refractivity contribution in [2.24, 2.45) is 5.92 Å². The number of nitrogens with one attached hydrogen (secondary N) is 1. The van der Waals surface area contributed by atoms with Crippen LogP contribution in [-0.4, -0.2) is 68.2 Å². The number of hydrogen-bond acceptors (Lipinski definition) is 7. The van der Waals surface area contributed by atoms with Crippen molar-refractivity contribution in [3.8, 4) is 0 Å². The summed E-state index contributed by atoms with van der Waals surface area (Å²) in [6.07, 6.45) is 4.22. The maximum absolute atomic E-state index is 12.8. The van der Waals surface area contributed by atoms with E-state index in [0.717, 1.165) is 36.3 Å². The Morgan fingerprint density at radius 3 is 2.23 bits per heavy atom. The molecule has 5 atom stereocenters. The fourth-order valence-electron chi connectivity index (χ4n) is 6.69. The molecule has 0 amide bonds. The van der Waals surface area contributed by atoms with Gasteiger partial charge in [-0.3, -0.25) is 9.62 Å². The first-order valence-electron chi connectivity index (χ1n) is 15.5. The lowest BCUT2D eigenvalue weighted by atomic mass is 9.90. The number of aliphatic hydroxyl groups excluding tert-OH is 1. The van der Waals surface area contributed by atoms with E-state index < -0.39 is 16.3 Å². The molecule has 3 aromatic rings. The third-order valence-electron chi connectivity index (χ3n) is 9.19. The molecular weight excluding hydrogens is 562 g/mol. The summed E-state index contributed by atoms with van der Waals surface area (Å²) in [6, 6.07) is 24.1. The van der Waals surface area contributed by atoms with Gasteiger partial charge < -0.3 is 19.5 Å². The molecule has 3 saturated heterocycles. The summed E-state index contributed by atoms with van der Waals surface area (Å²) in [5.41, 5.74) is 3.25. The topological polar surface area (TPSA) is 91.3 Å². The predicted molar refractivity (Wildman–Crippen MR) is 167 cm³/mol. The van der Waals surface area contributed by atoms with Gasteiger partial charge in [0.25, 0.3) is 10.0 Å². The van der Waals surface area contributed by atoms with Gasteiger partial charge in [-0.15, -0.1) is 0 Å². The average molecular weight is 606 g/mol. The Balaban J connectivity index is 1.21. The minimum Gasteiger partial charge on any atom is -0.392 e. The first-order valence-corrected chi connectivity index (χ1v) is 17.0. The Bertz CT molecular complexity index is 1430. The molecule has 3 heterocycles. The van der Waals surface area contributed by atoms with Crippen molar-refractivity contribution < 1.29 is 23.0 Å². The maximum atomic E-state index is 12.8. The quantitative estimate of drug-likeness (QED) is 0.323. The minimum absolute atomic E-state index is 0.00343. The van der Waals surface area contributed by atoms with E-state index >= 15 is 0 Å². The number of anilines is 1. The van der Waals surface area contributed by atoms with Gasteiger partial charge in [0.1, 0.15) is 0 Å². The molecule has 0 spiro atoms. The van der Waals surface area contributed by atoms with E-state index in [-0.39, 0.29) is 29.6 Å². The minimum atomic E-state index is -3.68. The van der Waals surface area contributed by atoms with Crippen molar-refractivity contribution in [2.75, 3.05) is 37.4 Å². The van der Waals surface area contributed by atoms with Crippen molar-refractivity contribution in [1.29, 1.82) is 0 Å². The zero-order valence-corrected chi connectivity index (χ0v) is 25.7. The van der Waals surface area contributed by atoms with Crippen LogP contribution in [0.25, 0.3) is 0 Å². The Hall–Kier alpha value is -2.79. The Kier molecular flexibility index (Phi) is 9.47. The first-order chi connectivity index (χ1) is 20.9. The molecule has 3 aliphatic heterocycles. The summed E-state index contributed by atoms with van der Waals surface area (Å²) >= 11 is 0. The fraction of sp³-hybridized carbons (Fsp3) is 0.471. The van der Waals surface area contributed by atoms with Gasteiger partial charge >= 0.3 is 0 Å². The molecule has 8 nitrogen and oxygen atoms in total. The van der Waals surface area contributed by atoms with Gasteiger partial charge in [-0.1, -0.05) is 61.5 Å². The number of likely N-dealkylation sites (tertiary alicyclic amines) is 2. The van der Waals surface area contributed by atoms with Gasteiger partial charge in [-0.2, -0.15) is 0 Å². The van der Waals surface area contributed by atoms with Crippen LogP contribution >= 0.6 is 0 Å². The molecule has 9 heteroatoms. The Morgan fingerprint density at radius 1 is 0.837 bits per heavy atom. The van der Waals surface area contributed by atoms with Crippen LogP contribution < -0.4 is 4.72 Å². The summed E-state index contributed by atoms with van der Waals surface area (Å²) in [5, 5.41) is 9.56. The molecule has 6 rings (SSSR count). The number of rotatable bonds is 10. The van der Waals surface area contributed by atoms with Crippen LogP contribution in [0.15, 0.2) is 83.8 Å². The van der Waals surface area contributed by atoms with Gasteiger partial charge in [0.2, 0.25) is 0 Å². The van der Waals surface area contributed by atoms with E-state index in [9.17, 15) is 13.5 Å². The molecule has 0 aliphatic carbocycles. The lowest BCUT2D eigenvalue weighted by molar-refractivity contribution is -0.276. The van der Waals surface area contributed by atoms with E-state index in [1.807, 2.05) is 36.4 Å². The fourth-order valence-corrected chi connectivity index (χ4v) is 7.77. The summed E-state index contributed by atoms with van der Waals surface area (Å²) < 4.78 is 41.7. The van der Waals surface area contributed by atoms with Gasteiger partial charge in [-0.05, 0) is 80.7 Å². The highest BCUT2D eigenvalue weighted by Crippen LogP contribution is 2.42. The highest BCUT2D eigenvalue weighted by Gasteiger charge is 2.40. The van der Waals surface area contributed by atoms with Crippen LogP contribution in [0.3, 0.4) is 0 Å². The summed E-state index contributed by atoms with van der Waals surface area (Å²) in [4.78, 5) is 5.45. The second-order valence-corrected chi connectivity index (χ2v) is 13.8. The van der Waals surface area contributed by atoms with Gasteiger partial charge in [0.05, 0.1) is 23.7 Å². The van der Waals surface area contributed by atoms with Crippen LogP contribution in [0.1, 0.15) is 61.7 Å². The van der Waals surface area contributed by atoms with Gasteiger partial charge in [0.15, 0.2) is 6.29 Å². The third-order valence-corrected chi connectivity index (χ3v) is 10.6. The smallest absolute Gasteiger partial charge is 0.261 e. The largest absolute Gasteiger partial charge is 0.392 e. The summed E-state index contributed by atoms with van der Waals surface area (Å²) in [5.74, 6) is 0.112. The number of aliphatic hydroxyl groups is 1. The molecule has 230 valence electrons. The van der Waals surface area contributed by atoms with Crippen molar-refractivity contribution in [3.63, 3.8) is 0 Å². The van der Waals surface area contributed by atoms with Crippen molar-refractivity contribution in [2.45, 2.75) is 68.6 Å². The molecule has 3 aromatic carbocycles. The average Bonchev–Trinajstić information content (AvgIpc) is 3.71. The summed E-state index contributed by atoms with van der Waals surface area (Å²) in [7, 11) is -3.68. The van der Waals surface area contributed by atoms with E-state index in [1.165, 1.54) is 38.8 Å². The van der Waals surface area contributed by atoms with Crippen molar-refractivity contribution in [1.82, 2.24) is 9.80 Å². The van der Waals surface area contributed by atoms with Crippen LogP contribution in [0, 0.1) is 5.92 Å². The van der Waals surface area contributed by atoms with Gasteiger partial charge in [0, 0.05) is 36.3 Å². The predicted octanol–water partition coefficient (Wildman–Crippen LogP) is 5.33. The zero-order valence-electron chi connectivity index (χ0n) is 24.8. The number of nitrogens with zero attached hydrogens (tertiary/aromatic N) is 2. The van der Waals surface area contributed by atoms with Crippen molar-refractivity contribution in [3.05, 3.63) is 95.6 Å². The van der Waals surface area contributed by atoms with E-state index in [0.29, 0.717) is 11.7 Å². The molecule has 0 bridgehead atoms. The number of sulfonamides is 1. The molecule has 3 fully saturated rings. The Morgan fingerprint density at radius 2 is 1.53 bits per heavy atom. The first kappa shape index (κ1) is 30.2. The van der Waals surface area contributed by atoms with Crippen molar-refractivity contribution >= 4 is 15.7 Å². The second kappa shape index (κ2) is 13.5. The number of ether oxygens (including phenoxy) is 2. The lowest BCUT2D eigenvalue weighted by Crippen LogP contribution is -2.48. The lowest BCUT2D eigenvalue weighted by Gasteiger charge is -2.43. The molecule has 3 aliphatic rings. The SMILES string of the molecule is CC1C(CN2CCCC2CN2CCCC2)OC(c2ccc(NS(=O)(=O)c3ccccc3)cc2)OC1c1ccc(CO)cc1. The summed E-state index contributed by atoms with van der Waals surface area (Å²) in [6.45, 7) is 7.69. The molecule has 0 saturated carbocycles. The molecule has 2 N–H and O–H groups in total. The zero-order chi connectivity index (χ0) is 29.8. The van der Waals surface area contributed by atoms with Crippen LogP contribution in [0.2, 0.25) is 0 Å². The third kappa shape index (κ3) is 7.14. The molecule has 0 radical (unpaired) electrons. The van der Waals surface area contributed by atoms with Crippen LogP contribution in [-0.2, 0) is 26.1 Å². The molecule has 0 aromatic heterocycles. The van der Waals surface area contributed by atoms with Crippen LogP contribution in [0.5, 0.6) is 0 Å². The Labute approximate surface area is 255 Å². The van der Waals surface area contributed by atoms with E-state index in [1.54, 1.807) is 42.5 Å². The van der Waals surface area contributed by atoms with E-state index in [4.69, 9.17) is 9.47 Å². The highest BCUT2D eigenvalue weighted by molar-refractivity contribution is 7.92. The normalized spacial score (nSPS) is 27.0. The maximum Gasteiger partial charge on any atom is 0.261 e. The standard InChI is InChI=1S/C34H43N3O5S/c1-25-32(23-37-21-7-8-30(37)22-36-19-5-6-20-36)41-34(42-33(25)27-13-11-26(24-38)12-14-27)28-15-17-29(18-16-28)35-43(39,40)31-9-3-2-4-10-31/h2-4,9-18,25,30,32-35,38H,5-8,19-24H2,1H3.